The van der Waals surface area contributed by atoms with Crippen molar-refractivity contribution in [3.63, 3.8) is 0 Å². The fourth-order valence-corrected chi connectivity index (χ4v) is 1.13. The van der Waals surface area contributed by atoms with Crippen molar-refractivity contribution in [3.05, 3.63) is 0 Å². The average molecular weight is 270 g/mol. The third-order valence-electron chi connectivity index (χ3n) is 2.08. The molecule has 1 rings (SSSR count). The second-order valence-corrected chi connectivity index (χ2v) is 3.30. The number of ether oxygens (including phenoxy) is 1. The SMILES string of the molecule is CCOCC.FC1C(F)C(F)(F)C(F)C1(F)F. The van der Waals surface area contributed by atoms with Crippen LogP contribution in [-0.2, 0) is 4.74 Å². The Bertz CT molecular complexity index is 211. The summed E-state index contributed by atoms with van der Waals surface area (Å²) in [7, 11) is 0. The molecule has 1 aliphatic rings. The summed E-state index contributed by atoms with van der Waals surface area (Å²) < 4.78 is 88.9. The second kappa shape index (κ2) is 5.88. The van der Waals surface area contributed by atoms with Crippen molar-refractivity contribution in [2.45, 2.75) is 44.2 Å². The minimum absolute atomic E-state index is 0.844. The van der Waals surface area contributed by atoms with Crippen molar-refractivity contribution in [2.24, 2.45) is 0 Å². The van der Waals surface area contributed by atoms with Crippen LogP contribution in [0.25, 0.3) is 0 Å². The molecule has 0 aromatic heterocycles. The lowest BCUT2D eigenvalue weighted by molar-refractivity contribution is -0.146. The molecule has 0 radical (unpaired) electrons. The lowest BCUT2D eigenvalue weighted by Gasteiger charge is -2.14. The minimum atomic E-state index is -4.94. The molecule has 0 amide bonds. The van der Waals surface area contributed by atoms with Crippen molar-refractivity contribution in [2.75, 3.05) is 13.2 Å². The molecule has 0 aromatic rings. The van der Waals surface area contributed by atoms with Crippen molar-refractivity contribution >= 4 is 0 Å². The molecule has 0 N–H and O–H groups in total. The molecule has 0 aliphatic heterocycles. The van der Waals surface area contributed by atoms with Crippen LogP contribution in [0.2, 0.25) is 0 Å². The van der Waals surface area contributed by atoms with E-state index in [1.807, 2.05) is 13.8 Å². The Morgan fingerprint density at radius 1 is 0.824 bits per heavy atom. The molecular weight excluding hydrogens is 257 g/mol. The number of alkyl halides is 7. The molecule has 8 heteroatoms. The molecule has 17 heavy (non-hydrogen) atoms. The Morgan fingerprint density at radius 3 is 1.18 bits per heavy atom. The fourth-order valence-electron chi connectivity index (χ4n) is 1.13. The standard InChI is InChI=1S/C5H3F7.C4H10O/c6-1-2(7)5(11,12)3(8)4(1,9)10;1-3-5-4-2/h1-3H;3-4H2,1-2H3. The molecule has 0 spiro atoms. The average Bonchev–Trinajstić information content (AvgIpc) is 2.35. The minimum Gasteiger partial charge on any atom is -0.382 e. The van der Waals surface area contributed by atoms with Gasteiger partial charge >= 0.3 is 11.8 Å². The maximum absolute atomic E-state index is 12.0. The molecule has 1 nitrogen and oxygen atoms in total. The number of hydrogen-bond donors (Lipinski definition) is 0. The van der Waals surface area contributed by atoms with Crippen LogP contribution in [0.3, 0.4) is 0 Å². The zero-order valence-corrected chi connectivity index (χ0v) is 9.20. The molecule has 1 aliphatic carbocycles. The van der Waals surface area contributed by atoms with Gasteiger partial charge in [-0.1, -0.05) is 0 Å². The Hall–Kier alpha value is -0.530. The summed E-state index contributed by atoms with van der Waals surface area (Å²) in [6, 6.07) is 0. The van der Waals surface area contributed by atoms with Gasteiger partial charge in [0.15, 0.2) is 0 Å². The van der Waals surface area contributed by atoms with Gasteiger partial charge in [-0.2, -0.15) is 17.6 Å². The van der Waals surface area contributed by atoms with Crippen LogP contribution in [0, 0.1) is 0 Å². The van der Waals surface area contributed by atoms with E-state index < -0.39 is 30.4 Å². The lowest BCUT2D eigenvalue weighted by atomic mass is 10.2. The maximum Gasteiger partial charge on any atom is 0.318 e. The molecule has 0 saturated heterocycles. The van der Waals surface area contributed by atoms with Gasteiger partial charge in [0.25, 0.3) is 0 Å². The Balaban J connectivity index is 0.000000437. The number of rotatable bonds is 2. The van der Waals surface area contributed by atoms with Gasteiger partial charge in [0.2, 0.25) is 18.5 Å². The van der Waals surface area contributed by atoms with Gasteiger partial charge in [-0.3, -0.25) is 0 Å². The summed E-state index contributed by atoms with van der Waals surface area (Å²) in [6.45, 7) is 5.67. The molecule has 2 unspecified atom stereocenters. The third kappa shape index (κ3) is 3.23. The van der Waals surface area contributed by atoms with E-state index in [0.29, 0.717) is 0 Å². The van der Waals surface area contributed by atoms with Crippen molar-refractivity contribution in [1.82, 2.24) is 0 Å². The van der Waals surface area contributed by atoms with Crippen LogP contribution < -0.4 is 0 Å². The van der Waals surface area contributed by atoms with Gasteiger partial charge < -0.3 is 4.74 Å². The third-order valence-corrected chi connectivity index (χ3v) is 2.08. The van der Waals surface area contributed by atoms with Crippen molar-refractivity contribution in [1.29, 1.82) is 0 Å². The van der Waals surface area contributed by atoms with Gasteiger partial charge in [0.05, 0.1) is 0 Å². The van der Waals surface area contributed by atoms with Gasteiger partial charge in [-0.05, 0) is 13.8 Å². The van der Waals surface area contributed by atoms with Crippen LogP contribution in [-0.4, -0.2) is 43.6 Å². The van der Waals surface area contributed by atoms with E-state index >= 15 is 0 Å². The summed E-state index contributed by atoms with van der Waals surface area (Å²) in [5.41, 5.74) is 0. The summed E-state index contributed by atoms with van der Waals surface area (Å²) >= 11 is 0. The van der Waals surface area contributed by atoms with E-state index in [4.69, 9.17) is 4.74 Å². The lowest BCUT2D eigenvalue weighted by Crippen LogP contribution is -2.38. The largest absolute Gasteiger partial charge is 0.382 e. The van der Waals surface area contributed by atoms with Crippen LogP contribution in [0.15, 0.2) is 0 Å². The van der Waals surface area contributed by atoms with E-state index in [-0.39, 0.29) is 0 Å². The van der Waals surface area contributed by atoms with Crippen LogP contribution >= 0.6 is 0 Å². The maximum atomic E-state index is 12.0. The summed E-state index contributed by atoms with van der Waals surface area (Å²) in [6.07, 6.45) is -11.6. The first-order chi connectivity index (χ1) is 7.63. The Labute approximate surface area is 93.9 Å². The topological polar surface area (TPSA) is 9.23 Å². The molecule has 2 atom stereocenters. The molecule has 0 bridgehead atoms. The van der Waals surface area contributed by atoms with Gasteiger partial charge in [0.1, 0.15) is 0 Å². The smallest absolute Gasteiger partial charge is 0.318 e. The van der Waals surface area contributed by atoms with Gasteiger partial charge in [-0.15, -0.1) is 0 Å². The van der Waals surface area contributed by atoms with E-state index in [9.17, 15) is 30.7 Å². The van der Waals surface area contributed by atoms with Crippen molar-refractivity contribution < 1.29 is 35.5 Å². The molecular formula is C9H13F7O. The number of halogens is 7. The highest BCUT2D eigenvalue weighted by atomic mass is 19.3. The highest BCUT2D eigenvalue weighted by Gasteiger charge is 2.75. The molecule has 1 fully saturated rings. The number of hydrogen-bond acceptors (Lipinski definition) is 1. The van der Waals surface area contributed by atoms with Crippen LogP contribution in [0.5, 0.6) is 0 Å². The van der Waals surface area contributed by atoms with Gasteiger partial charge in [0, 0.05) is 13.2 Å². The molecule has 1 saturated carbocycles. The first kappa shape index (κ1) is 16.5. The van der Waals surface area contributed by atoms with Crippen molar-refractivity contribution in [3.8, 4) is 0 Å². The predicted octanol–water partition coefficient (Wildman–Crippen LogP) is 3.33. The zero-order valence-electron chi connectivity index (χ0n) is 9.20. The first-order valence-electron chi connectivity index (χ1n) is 4.89. The highest BCUT2D eigenvalue weighted by Crippen LogP contribution is 2.50. The Kier molecular flexibility index (Phi) is 5.70. The van der Waals surface area contributed by atoms with E-state index in [1.165, 1.54) is 0 Å². The van der Waals surface area contributed by atoms with E-state index in [2.05, 4.69) is 0 Å². The normalized spacial score (nSPS) is 34.1. The first-order valence-corrected chi connectivity index (χ1v) is 4.89. The predicted molar refractivity (Wildman–Crippen MR) is 46.7 cm³/mol. The monoisotopic (exact) mass is 270 g/mol. The van der Waals surface area contributed by atoms with Crippen LogP contribution in [0.1, 0.15) is 13.8 Å². The second-order valence-electron chi connectivity index (χ2n) is 3.30. The summed E-state index contributed by atoms with van der Waals surface area (Å²) in [5.74, 6) is -9.88. The zero-order chi connectivity index (χ0) is 13.9. The summed E-state index contributed by atoms with van der Waals surface area (Å²) in [5, 5.41) is 0. The fraction of sp³-hybridized carbons (Fsp3) is 1.00. The molecule has 0 aromatic carbocycles. The van der Waals surface area contributed by atoms with E-state index in [0.717, 1.165) is 13.2 Å². The Morgan fingerprint density at radius 2 is 1.12 bits per heavy atom. The molecule has 0 heterocycles. The van der Waals surface area contributed by atoms with Crippen LogP contribution in [0.4, 0.5) is 30.7 Å². The van der Waals surface area contributed by atoms with E-state index in [1.54, 1.807) is 0 Å². The quantitative estimate of drug-likeness (QED) is 0.699. The highest BCUT2D eigenvalue weighted by molar-refractivity contribution is 5.09. The van der Waals surface area contributed by atoms with Gasteiger partial charge in [-0.25, -0.2) is 13.2 Å². The molecule has 104 valence electrons. The summed E-state index contributed by atoms with van der Waals surface area (Å²) in [4.78, 5) is 0.